The van der Waals surface area contributed by atoms with Gasteiger partial charge in [-0.05, 0) is 34.4 Å². The zero-order valence-electron chi connectivity index (χ0n) is 16.4. The van der Waals surface area contributed by atoms with Crippen LogP contribution < -0.4 is 0 Å². The van der Waals surface area contributed by atoms with E-state index in [4.69, 9.17) is 19.5 Å². The van der Waals surface area contributed by atoms with Gasteiger partial charge in [0.2, 0.25) is 11.8 Å². The fraction of sp³-hybridized carbons (Fsp3) is 0.231. The van der Waals surface area contributed by atoms with Gasteiger partial charge in [0.05, 0.1) is 0 Å². The topological polar surface area (TPSA) is 43.2 Å². The minimum absolute atomic E-state index is 0.0851. The van der Waals surface area contributed by atoms with Gasteiger partial charge in [-0.25, -0.2) is 9.98 Å². The van der Waals surface area contributed by atoms with E-state index in [1.165, 1.54) is 22.3 Å². The Bertz CT molecular complexity index is 1150. The molecule has 0 saturated carbocycles. The maximum Gasteiger partial charge on any atom is 0.218 e. The lowest BCUT2D eigenvalue weighted by atomic mass is 10.1. The Kier molecular flexibility index (Phi) is 3.31. The molecule has 0 radical (unpaired) electrons. The fourth-order valence-electron chi connectivity index (χ4n) is 5.31. The first kappa shape index (κ1) is 16.4. The van der Waals surface area contributed by atoms with Gasteiger partial charge in [0.1, 0.15) is 24.3 Å². The molecule has 0 spiro atoms. The van der Waals surface area contributed by atoms with Gasteiger partial charge >= 0.3 is 0 Å². The van der Waals surface area contributed by atoms with Crippen molar-refractivity contribution in [3.8, 4) is 0 Å². The Morgan fingerprint density at radius 3 is 1.50 bits per heavy atom. The predicted molar refractivity (Wildman–Crippen MR) is 115 cm³/mol. The average molecular weight is 392 g/mol. The van der Waals surface area contributed by atoms with Gasteiger partial charge in [0, 0.05) is 24.0 Å². The van der Waals surface area contributed by atoms with Crippen molar-refractivity contribution in [1.29, 1.82) is 0 Å². The van der Waals surface area contributed by atoms with E-state index in [0.717, 1.165) is 24.0 Å². The molecule has 0 aromatic heterocycles. The molecule has 2 aliphatic carbocycles. The molecule has 7 rings (SSSR count). The molecule has 0 fully saturated rings. The summed E-state index contributed by atoms with van der Waals surface area (Å²) in [5.41, 5.74) is 7.20. The lowest BCUT2D eigenvalue weighted by Crippen LogP contribution is -2.18. The third-order valence-corrected chi connectivity index (χ3v) is 6.72. The van der Waals surface area contributed by atoms with E-state index in [1.54, 1.807) is 0 Å². The van der Waals surface area contributed by atoms with E-state index in [9.17, 15) is 0 Å². The minimum atomic E-state index is 0.0851. The molecule has 2 heterocycles. The average Bonchev–Trinajstić information content (AvgIpc) is 3.52. The van der Waals surface area contributed by atoms with Crippen molar-refractivity contribution in [2.24, 2.45) is 9.98 Å². The standard InChI is InChI=1S/C26H20N2O2/c1-3-9-17-15(7-1)13-21-23(17)27-25(29-21)19-11-5-6-12-20(19)26-28-24-18-10-4-2-8-16(18)14-22(24)30-26/h1-12,21-24H,13-14H2/t21-,22-,23+,24+/m1/s1. The number of hydrogen-bond donors (Lipinski definition) is 0. The van der Waals surface area contributed by atoms with Crippen LogP contribution in [0.4, 0.5) is 0 Å². The number of rotatable bonds is 2. The monoisotopic (exact) mass is 392 g/mol. The lowest BCUT2D eigenvalue weighted by molar-refractivity contribution is 0.204. The summed E-state index contributed by atoms with van der Waals surface area (Å²) in [5.74, 6) is 1.41. The highest BCUT2D eigenvalue weighted by molar-refractivity contribution is 6.08. The molecule has 4 atom stereocenters. The number of nitrogens with zero attached hydrogens (tertiary/aromatic N) is 2. The van der Waals surface area contributed by atoms with E-state index in [-0.39, 0.29) is 24.3 Å². The van der Waals surface area contributed by atoms with E-state index in [0.29, 0.717) is 11.8 Å². The van der Waals surface area contributed by atoms with Crippen LogP contribution in [0.5, 0.6) is 0 Å². The van der Waals surface area contributed by atoms with Crippen molar-refractivity contribution in [3.05, 3.63) is 106 Å². The van der Waals surface area contributed by atoms with Crippen LogP contribution in [0.2, 0.25) is 0 Å². The molecule has 146 valence electrons. The largest absolute Gasteiger partial charge is 0.471 e. The van der Waals surface area contributed by atoms with Crippen LogP contribution in [-0.2, 0) is 22.3 Å². The van der Waals surface area contributed by atoms with E-state index >= 15 is 0 Å². The predicted octanol–water partition coefficient (Wildman–Crippen LogP) is 4.57. The summed E-state index contributed by atoms with van der Waals surface area (Å²) in [6.07, 6.45) is 1.99. The summed E-state index contributed by atoms with van der Waals surface area (Å²) < 4.78 is 12.7. The first-order chi connectivity index (χ1) is 14.8. The number of fused-ring (bicyclic) bond motifs is 6. The molecule has 0 amide bonds. The Hall–Kier alpha value is -3.40. The van der Waals surface area contributed by atoms with Gasteiger partial charge in [-0.3, -0.25) is 0 Å². The molecule has 0 bridgehead atoms. The minimum Gasteiger partial charge on any atom is -0.471 e. The van der Waals surface area contributed by atoms with E-state index < -0.39 is 0 Å². The van der Waals surface area contributed by atoms with Crippen LogP contribution in [-0.4, -0.2) is 24.0 Å². The summed E-state index contributed by atoms with van der Waals surface area (Å²) >= 11 is 0. The molecule has 2 aliphatic heterocycles. The normalized spacial score (nSPS) is 27.3. The maximum atomic E-state index is 6.34. The zero-order valence-corrected chi connectivity index (χ0v) is 16.4. The summed E-state index contributed by atoms with van der Waals surface area (Å²) in [6, 6.07) is 25.4. The van der Waals surface area contributed by atoms with E-state index in [2.05, 4.69) is 60.7 Å². The first-order valence-electron chi connectivity index (χ1n) is 10.6. The second-order valence-corrected chi connectivity index (χ2v) is 8.42. The Morgan fingerprint density at radius 1 is 0.567 bits per heavy atom. The van der Waals surface area contributed by atoms with Crippen LogP contribution >= 0.6 is 0 Å². The number of benzene rings is 3. The van der Waals surface area contributed by atoms with Crippen LogP contribution in [0.15, 0.2) is 82.8 Å². The number of aliphatic imine (C=N–C) groups is 2. The Balaban J connectivity index is 1.26. The molecule has 0 unspecified atom stereocenters. The van der Waals surface area contributed by atoms with Crippen LogP contribution in [0.1, 0.15) is 45.5 Å². The summed E-state index contributed by atoms with van der Waals surface area (Å²) in [5, 5.41) is 0. The van der Waals surface area contributed by atoms with E-state index in [1.807, 2.05) is 12.1 Å². The highest BCUT2D eigenvalue weighted by Crippen LogP contribution is 2.43. The SMILES string of the molecule is c1ccc2c(c1)C[C@H]1OC(c3ccccc3C3=N[C@H]4c5ccccc5C[C@H]4O3)=N[C@@H]21. The Labute approximate surface area is 174 Å². The van der Waals surface area contributed by atoms with Crippen molar-refractivity contribution < 1.29 is 9.47 Å². The van der Waals surface area contributed by atoms with Gasteiger partial charge in [-0.15, -0.1) is 0 Å². The summed E-state index contributed by atoms with van der Waals surface area (Å²) in [6.45, 7) is 0. The molecule has 4 nitrogen and oxygen atoms in total. The van der Waals surface area contributed by atoms with Gasteiger partial charge in [-0.2, -0.15) is 0 Å². The van der Waals surface area contributed by atoms with Crippen molar-refractivity contribution in [1.82, 2.24) is 0 Å². The highest BCUT2D eigenvalue weighted by Gasteiger charge is 2.42. The van der Waals surface area contributed by atoms with Crippen molar-refractivity contribution >= 4 is 11.8 Å². The quantitative estimate of drug-likeness (QED) is 0.641. The van der Waals surface area contributed by atoms with Gasteiger partial charge in [0.25, 0.3) is 0 Å². The smallest absolute Gasteiger partial charge is 0.218 e. The summed E-state index contributed by atoms with van der Waals surface area (Å²) in [4.78, 5) is 9.97. The van der Waals surface area contributed by atoms with Crippen LogP contribution in [0.25, 0.3) is 0 Å². The fourth-order valence-corrected chi connectivity index (χ4v) is 5.31. The highest BCUT2D eigenvalue weighted by atomic mass is 16.5. The summed E-state index contributed by atoms with van der Waals surface area (Å²) in [7, 11) is 0. The van der Waals surface area contributed by atoms with Crippen LogP contribution in [0, 0.1) is 0 Å². The van der Waals surface area contributed by atoms with Gasteiger partial charge < -0.3 is 9.47 Å². The van der Waals surface area contributed by atoms with Crippen LogP contribution in [0.3, 0.4) is 0 Å². The van der Waals surface area contributed by atoms with Gasteiger partial charge in [0.15, 0.2) is 0 Å². The third-order valence-electron chi connectivity index (χ3n) is 6.72. The molecule has 30 heavy (non-hydrogen) atoms. The zero-order chi connectivity index (χ0) is 19.7. The molecule has 4 heteroatoms. The molecule has 3 aromatic rings. The molecule has 3 aromatic carbocycles. The molecular formula is C26H20N2O2. The number of hydrogen-bond acceptors (Lipinski definition) is 4. The first-order valence-corrected chi connectivity index (χ1v) is 10.6. The molecule has 0 saturated heterocycles. The van der Waals surface area contributed by atoms with Crippen molar-refractivity contribution in [2.45, 2.75) is 37.1 Å². The van der Waals surface area contributed by atoms with Crippen molar-refractivity contribution in [3.63, 3.8) is 0 Å². The lowest BCUT2D eigenvalue weighted by Gasteiger charge is -2.13. The molecular weight excluding hydrogens is 372 g/mol. The molecule has 4 aliphatic rings. The Morgan fingerprint density at radius 2 is 1.00 bits per heavy atom. The second kappa shape index (κ2) is 6.05. The molecule has 0 N–H and O–H groups in total. The second-order valence-electron chi connectivity index (χ2n) is 8.42. The third kappa shape index (κ3) is 2.28. The van der Waals surface area contributed by atoms with Gasteiger partial charge in [-0.1, -0.05) is 60.7 Å². The van der Waals surface area contributed by atoms with Crippen molar-refractivity contribution in [2.75, 3.05) is 0 Å². The maximum absolute atomic E-state index is 6.34. The number of ether oxygens (including phenoxy) is 2.